The highest BCUT2D eigenvalue weighted by Crippen LogP contribution is 2.31. The van der Waals surface area contributed by atoms with E-state index in [0.717, 1.165) is 11.1 Å². The molecule has 0 bridgehead atoms. The molecule has 2 N–H and O–H groups in total. The zero-order valence-corrected chi connectivity index (χ0v) is 12.6. The maximum absolute atomic E-state index is 6.24. The van der Waals surface area contributed by atoms with Gasteiger partial charge in [-0.2, -0.15) is 4.68 Å². The van der Waals surface area contributed by atoms with E-state index in [1.165, 1.54) is 0 Å². The molecule has 3 rings (SSSR count). The molecular weight excluding hydrogens is 309 g/mol. The molecule has 0 aliphatic carbocycles. The fourth-order valence-corrected chi connectivity index (χ4v) is 2.43. The topological polar surface area (TPSA) is 69.6 Å². The lowest BCUT2D eigenvalue weighted by atomic mass is 10.1. The average molecular weight is 320 g/mol. The Balaban J connectivity index is 2.22. The van der Waals surface area contributed by atoms with E-state index in [-0.39, 0.29) is 0 Å². The Morgan fingerprint density at radius 2 is 1.95 bits per heavy atom. The fourth-order valence-electron chi connectivity index (χ4n) is 2.05. The van der Waals surface area contributed by atoms with Gasteiger partial charge in [-0.05, 0) is 47.2 Å². The molecule has 106 valence electrons. The first-order chi connectivity index (χ1) is 10.1. The lowest BCUT2D eigenvalue weighted by Crippen LogP contribution is -2.02. The van der Waals surface area contributed by atoms with Crippen LogP contribution in [0.2, 0.25) is 10.0 Å². The van der Waals surface area contributed by atoms with Crippen molar-refractivity contribution in [1.82, 2.24) is 20.2 Å². The quantitative estimate of drug-likeness (QED) is 0.733. The molecule has 21 heavy (non-hydrogen) atoms. The normalized spacial score (nSPS) is 10.8. The van der Waals surface area contributed by atoms with Crippen molar-refractivity contribution in [3.8, 4) is 17.1 Å². The number of halogens is 2. The molecule has 0 saturated heterocycles. The summed E-state index contributed by atoms with van der Waals surface area (Å²) in [6, 6.07) is 10.9. The molecule has 1 aromatic heterocycles. The second kappa shape index (κ2) is 5.35. The highest BCUT2D eigenvalue weighted by molar-refractivity contribution is 6.43. The van der Waals surface area contributed by atoms with E-state index >= 15 is 0 Å². The first-order valence-electron chi connectivity index (χ1n) is 6.17. The monoisotopic (exact) mass is 319 g/mol. The van der Waals surface area contributed by atoms with E-state index in [1.54, 1.807) is 22.9 Å². The zero-order chi connectivity index (χ0) is 15.0. The van der Waals surface area contributed by atoms with Gasteiger partial charge < -0.3 is 5.73 Å². The van der Waals surface area contributed by atoms with E-state index in [0.29, 0.717) is 27.2 Å². The van der Waals surface area contributed by atoms with Gasteiger partial charge in [0.25, 0.3) is 0 Å². The fraction of sp³-hybridized carbons (Fsp3) is 0.0714. The van der Waals surface area contributed by atoms with Gasteiger partial charge in [-0.25, -0.2) is 0 Å². The van der Waals surface area contributed by atoms with Crippen LogP contribution >= 0.6 is 23.2 Å². The van der Waals surface area contributed by atoms with Crippen molar-refractivity contribution in [2.24, 2.45) is 0 Å². The van der Waals surface area contributed by atoms with Crippen molar-refractivity contribution >= 4 is 28.9 Å². The molecule has 5 nitrogen and oxygen atoms in total. The number of aryl methyl sites for hydroxylation is 1. The van der Waals surface area contributed by atoms with Crippen molar-refractivity contribution in [3.63, 3.8) is 0 Å². The molecule has 0 aliphatic rings. The Hall–Kier alpha value is -2.11. The second-order valence-corrected chi connectivity index (χ2v) is 5.35. The predicted molar refractivity (Wildman–Crippen MR) is 83.8 cm³/mol. The summed E-state index contributed by atoms with van der Waals surface area (Å²) in [7, 11) is 0. The lowest BCUT2D eigenvalue weighted by Gasteiger charge is -2.09. The number of nitrogens with two attached hydrogens (primary N) is 1. The van der Waals surface area contributed by atoms with Crippen LogP contribution in [0.1, 0.15) is 5.56 Å². The molecule has 0 amide bonds. The number of benzene rings is 2. The van der Waals surface area contributed by atoms with E-state index in [4.69, 9.17) is 28.9 Å². The minimum atomic E-state index is 0.397. The van der Waals surface area contributed by atoms with Crippen LogP contribution in [-0.4, -0.2) is 20.2 Å². The molecular formula is C14H11Cl2N5. The molecule has 2 aromatic carbocycles. The number of tetrazole rings is 1. The Morgan fingerprint density at radius 3 is 2.76 bits per heavy atom. The van der Waals surface area contributed by atoms with Crippen LogP contribution in [0.4, 0.5) is 5.69 Å². The van der Waals surface area contributed by atoms with Crippen molar-refractivity contribution in [1.29, 1.82) is 0 Å². The lowest BCUT2D eigenvalue weighted by molar-refractivity contribution is 0.791. The highest BCUT2D eigenvalue weighted by atomic mass is 35.5. The van der Waals surface area contributed by atoms with Crippen molar-refractivity contribution in [2.45, 2.75) is 6.92 Å². The Morgan fingerprint density at radius 1 is 1.14 bits per heavy atom. The van der Waals surface area contributed by atoms with E-state index < -0.39 is 0 Å². The van der Waals surface area contributed by atoms with Crippen LogP contribution in [0.25, 0.3) is 17.1 Å². The number of anilines is 1. The summed E-state index contributed by atoms with van der Waals surface area (Å²) in [6.07, 6.45) is 0. The predicted octanol–water partition coefficient (Wildman–Crippen LogP) is 3.53. The van der Waals surface area contributed by atoms with Gasteiger partial charge in [-0.1, -0.05) is 35.3 Å². The number of hydrogen-bond donors (Lipinski definition) is 1. The SMILES string of the molecule is Cc1ccc(N)cc1-c1nnnn1-c1cccc(Cl)c1Cl. The third kappa shape index (κ3) is 2.46. The van der Waals surface area contributed by atoms with Crippen LogP contribution in [0.3, 0.4) is 0 Å². The molecule has 0 atom stereocenters. The Bertz CT molecular complexity index is 796. The standard InChI is InChI=1S/C14H11Cl2N5/c1-8-5-6-9(17)7-10(8)14-18-19-20-21(14)12-4-2-3-11(15)13(12)16/h2-7H,17H2,1H3. The smallest absolute Gasteiger partial charge is 0.187 e. The van der Waals surface area contributed by atoms with Crippen LogP contribution < -0.4 is 5.73 Å². The Labute approximate surface area is 131 Å². The summed E-state index contributed by atoms with van der Waals surface area (Å²) in [5.74, 6) is 0.559. The van der Waals surface area contributed by atoms with Crippen molar-refractivity contribution in [2.75, 3.05) is 5.73 Å². The summed E-state index contributed by atoms with van der Waals surface area (Å²) in [4.78, 5) is 0. The molecule has 0 unspecified atom stereocenters. The second-order valence-electron chi connectivity index (χ2n) is 4.56. The molecule has 1 heterocycles. The van der Waals surface area contributed by atoms with Gasteiger partial charge in [0.15, 0.2) is 5.82 Å². The molecule has 0 spiro atoms. The molecule has 0 saturated carbocycles. The number of nitrogens with zero attached hydrogens (tertiary/aromatic N) is 4. The van der Waals surface area contributed by atoms with Crippen LogP contribution in [0.5, 0.6) is 0 Å². The van der Waals surface area contributed by atoms with Crippen molar-refractivity contribution < 1.29 is 0 Å². The summed E-state index contributed by atoms with van der Waals surface area (Å²) in [6.45, 7) is 1.97. The molecule has 0 aliphatic heterocycles. The van der Waals surface area contributed by atoms with Crippen LogP contribution in [-0.2, 0) is 0 Å². The number of aromatic nitrogens is 4. The molecule has 3 aromatic rings. The van der Waals surface area contributed by atoms with Crippen LogP contribution in [0.15, 0.2) is 36.4 Å². The summed E-state index contributed by atoms with van der Waals surface area (Å²) < 4.78 is 1.55. The third-order valence-corrected chi connectivity index (χ3v) is 3.94. The van der Waals surface area contributed by atoms with Gasteiger partial charge in [0.1, 0.15) is 0 Å². The molecule has 0 fully saturated rings. The van der Waals surface area contributed by atoms with E-state index in [9.17, 15) is 0 Å². The highest BCUT2D eigenvalue weighted by Gasteiger charge is 2.16. The summed E-state index contributed by atoms with van der Waals surface area (Å²) in [5.41, 5.74) is 8.97. The van der Waals surface area contributed by atoms with Gasteiger partial charge >= 0.3 is 0 Å². The van der Waals surface area contributed by atoms with Gasteiger partial charge in [0, 0.05) is 11.3 Å². The minimum absolute atomic E-state index is 0.397. The van der Waals surface area contributed by atoms with Gasteiger partial charge in [-0.3, -0.25) is 0 Å². The Kier molecular flexibility index (Phi) is 3.53. The first kappa shape index (κ1) is 13.9. The molecule has 0 radical (unpaired) electrons. The zero-order valence-electron chi connectivity index (χ0n) is 11.1. The van der Waals surface area contributed by atoms with E-state index in [1.807, 2.05) is 25.1 Å². The van der Waals surface area contributed by atoms with Gasteiger partial charge in [-0.15, -0.1) is 5.10 Å². The van der Waals surface area contributed by atoms with Crippen LogP contribution in [0, 0.1) is 6.92 Å². The summed E-state index contributed by atoms with van der Waals surface area (Å²) in [5, 5.41) is 12.7. The largest absolute Gasteiger partial charge is 0.399 e. The minimum Gasteiger partial charge on any atom is -0.399 e. The van der Waals surface area contributed by atoms with E-state index in [2.05, 4.69) is 15.5 Å². The summed E-state index contributed by atoms with van der Waals surface area (Å²) >= 11 is 12.3. The van der Waals surface area contributed by atoms with Crippen molar-refractivity contribution in [3.05, 3.63) is 52.0 Å². The number of rotatable bonds is 2. The van der Waals surface area contributed by atoms with Gasteiger partial charge in [0.05, 0.1) is 15.7 Å². The third-order valence-electron chi connectivity index (χ3n) is 3.13. The number of hydrogen-bond acceptors (Lipinski definition) is 4. The average Bonchev–Trinajstić information content (AvgIpc) is 2.93. The number of nitrogen functional groups attached to an aromatic ring is 1. The first-order valence-corrected chi connectivity index (χ1v) is 6.93. The van der Waals surface area contributed by atoms with Gasteiger partial charge in [0.2, 0.25) is 0 Å². The maximum atomic E-state index is 6.24. The molecule has 7 heteroatoms. The maximum Gasteiger partial charge on any atom is 0.187 e.